The molecule has 3 heteroatoms. The Morgan fingerprint density at radius 1 is 1.36 bits per heavy atom. The van der Waals surface area contributed by atoms with E-state index < -0.39 is 0 Å². The predicted octanol–water partition coefficient (Wildman–Crippen LogP) is 0.588. The van der Waals surface area contributed by atoms with Gasteiger partial charge in [0.05, 0.1) is 5.82 Å². The first kappa shape index (κ1) is 12.5. The van der Waals surface area contributed by atoms with Crippen molar-refractivity contribution in [3.63, 3.8) is 0 Å². The zero-order chi connectivity index (χ0) is 9.28. The monoisotopic (exact) mass is 157 g/mol. The smallest absolute Gasteiger partial charge is 0.0930 e. The standard InChI is InChI=1S/C5H12N2.C3H7N/c1-5(6-2)7(3)4;1-3-4-2/h6H,1H2,2-4H3;3-4H,1H2,2H3. The minimum absolute atomic E-state index is 0.931. The van der Waals surface area contributed by atoms with Gasteiger partial charge in [-0.05, 0) is 6.20 Å². The molecule has 0 bridgehead atoms. The van der Waals surface area contributed by atoms with E-state index in [9.17, 15) is 0 Å². The van der Waals surface area contributed by atoms with Crippen LogP contribution in [0.4, 0.5) is 0 Å². The third kappa shape index (κ3) is 12.2. The van der Waals surface area contributed by atoms with Crippen LogP contribution in [0.15, 0.2) is 25.2 Å². The van der Waals surface area contributed by atoms with Crippen molar-refractivity contribution in [2.24, 2.45) is 0 Å². The third-order valence-electron chi connectivity index (χ3n) is 1.03. The molecule has 0 aliphatic carbocycles. The van der Waals surface area contributed by atoms with Gasteiger partial charge in [-0.25, -0.2) is 0 Å². The average Bonchev–Trinajstić information content (AvgIpc) is 2.03. The molecule has 0 fully saturated rings. The molecule has 0 saturated carbocycles. The van der Waals surface area contributed by atoms with Gasteiger partial charge in [0.25, 0.3) is 0 Å². The number of nitrogens with one attached hydrogen (secondary N) is 2. The Labute approximate surface area is 69.8 Å². The number of nitrogens with zero attached hydrogens (tertiary/aromatic N) is 1. The molecule has 0 aromatic carbocycles. The maximum Gasteiger partial charge on any atom is 0.0930 e. The van der Waals surface area contributed by atoms with Crippen LogP contribution in [0.1, 0.15) is 0 Å². The van der Waals surface area contributed by atoms with E-state index in [2.05, 4.69) is 23.8 Å². The molecule has 0 radical (unpaired) electrons. The lowest BCUT2D eigenvalue weighted by Crippen LogP contribution is -2.20. The lowest BCUT2D eigenvalue weighted by Gasteiger charge is -2.13. The first-order chi connectivity index (χ1) is 5.09. The van der Waals surface area contributed by atoms with Gasteiger partial charge in [0, 0.05) is 28.2 Å². The summed E-state index contributed by atoms with van der Waals surface area (Å²) in [5.74, 6) is 0.931. The summed E-state index contributed by atoms with van der Waals surface area (Å²) in [4.78, 5) is 1.92. The van der Waals surface area contributed by atoms with E-state index in [4.69, 9.17) is 0 Å². The second kappa shape index (κ2) is 8.88. The zero-order valence-electron chi connectivity index (χ0n) is 7.94. The Morgan fingerprint density at radius 2 is 1.73 bits per heavy atom. The molecule has 0 aliphatic heterocycles. The molecule has 0 heterocycles. The number of hydrogen-bond acceptors (Lipinski definition) is 3. The van der Waals surface area contributed by atoms with Crippen LogP contribution in [0.3, 0.4) is 0 Å². The molecule has 66 valence electrons. The van der Waals surface area contributed by atoms with Gasteiger partial charge in [0.15, 0.2) is 0 Å². The van der Waals surface area contributed by atoms with Gasteiger partial charge in [-0.1, -0.05) is 13.2 Å². The van der Waals surface area contributed by atoms with Crippen molar-refractivity contribution < 1.29 is 0 Å². The Kier molecular flexibility index (Phi) is 10.1. The lowest BCUT2D eigenvalue weighted by molar-refractivity contribution is 0.479. The maximum atomic E-state index is 3.69. The fourth-order valence-corrected chi connectivity index (χ4v) is 0.224. The second-order valence-corrected chi connectivity index (χ2v) is 2.08. The highest BCUT2D eigenvalue weighted by Crippen LogP contribution is 1.82. The molecule has 0 aromatic rings. The Hall–Kier alpha value is -1.12. The fourth-order valence-electron chi connectivity index (χ4n) is 0.224. The molecule has 0 saturated heterocycles. The first-order valence-corrected chi connectivity index (χ1v) is 3.42. The van der Waals surface area contributed by atoms with Crippen LogP contribution in [0.2, 0.25) is 0 Å². The molecule has 0 aromatic heterocycles. The quantitative estimate of drug-likeness (QED) is 0.628. The lowest BCUT2D eigenvalue weighted by atomic mass is 10.7. The van der Waals surface area contributed by atoms with Gasteiger partial charge in [-0.2, -0.15) is 0 Å². The van der Waals surface area contributed by atoms with Crippen LogP contribution < -0.4 is 10.6 Å². The topological polar surface area (TPSA) is 27.3 Å². The van der Waals surface area contributed by atoms with Crippen molar-refractivity contribution in [3.8, 4) is 0 Å². The highest BCUT2D eigenvalue weighted by molar-refractivity contribution is 4.84. The summed E-state index contributed by atoms with van der Waals surface area (Å²) in [5.41, 5.74) is 0. The summed E-state index contributed by atoms with van der Waals surface area (Å²) in [7, 11) is 7.55. The van der Waals surface area contributed by atoms with Crippen LogP contribution in [0.5, 0.6) is 0 Å². The zero-order valence-corrected chi connectivity index (χ0v) is 7.94. The minimum Gasteiger partial charge on any atom is -0.394 e. The van der Waals surface area contributed by atoms with Crippen LogP contribution in [0.25, 0.3) is 0 Å². The van der Waals surface area contributed by atoms with E-state index in [1.165, 1.54) is 0 Å². The average molecular weight is 157 g/mol. The SMILES string of the molecule is C=C(NC)N(C)C.C=CNC. The van der Waals surface area contributed by atoms with Gasteiger partial charge >= 0.3 is 0 Å². The third-order valence-corrected chi connectivity index (χ3v) is 1.03. The van der Waals surface area contributed by atoms with Gasteiger partial charge in [-0.3, -0.25) is 0 Å². The van der Waals surface area contributed by atoms with E-state index in [1.807, 2.05) is 33.1 Å². The Bertz CT molecular complexity index is 108. The van der Waals surface area contributed by atoms with E-state index in [0.29, 0.717) is 0 Å². The van der Waals surface area contributed by atoms with Crippen molar-refractivity contribution in [3.05, 3.63) is 25.2 Å². The molecule has 2 N–H and O–H groups in total. The molecule has 0 spiro atoms. The second-order valence-electron chi connectivity index (χ2n) is 2.08. The van der Waals surface area contributed by atoms with E-state index >= 15 is 0 Å². The molecule has 0 rings (SSSR count). The summed E-state index contributed by atoms with van der Waals surface area (Å²) >= 11 is 0. The summed E-state index contributed by atoms with van der Waals surface area (Å²) in [6.45, 7) is 7.06. The van der Waals surface area contributed by atoms with Crippen LogP contribution >= 0.6 is 0 Å². The van der Waals surface area contributed by atoms with Crippen molar-refractivity contribution in [2.75, 3.05) is 28.2 Å². The molecular formula is C8H19N3. The summed E-state index contributed by atoms with van der Waals surface area (Å²) in [5, 5.41) is 5.59. The van der Waals surface area contributed by atoms with Gasteiger partial charge in [0.1, 0.15) is 0 Å². The molecule has 0 amide bonds. The van der Waals surface area contributed by atoms with Crippen molar-refractivity contribution in [1.82, 2.24) is 15.5 Å². The minimum atomic E-state index is 0.931. The van der Waals surface area contributed by atoms with E-state index in [0.717, 1.165) is 5.82 Å². The van der Waals surface area contributed by atoms with Gasteiger partial charge < -0.3 is 15.5 Å². The summed E-state index contributed by atoms with van der Waals surface area (Å²) < 4.78 is 0. The Balaban J connectivity index is 0. The van der Waals surface area contributed by atoms with Crippen LogP contribution in [-0.4, -0.2) is 33.1 Å². The summed E-state index contributed by atoms with van der Waals surface area (Å²) in [6, 6.07) is 0. The molecule has 0 unspecified atom stereocenters. The van der Waals surface area contributed by atoms with Crippen molar-refractivity contribution in [1.29, 1.82) is 0 Å². The number of hydrogen-bond donors (Lipinski definition) is 2. The normalized spacial score (nSPS) is 6.91. The van der Waals surface area contributed by atoms with E-state index in [-0.39, 0.29) is 0 Å². The van der Waals surface area contributed by atoms with Gasteiger partial charge in [-0.15, -0.1) is 0 Å². The maximum absolute atomic E-state index is 3.69. The van der Waals surface area contributed by atoms with Crippen molar-refractivity contribution >= 4 is 0 Å². The largest absolute Gasteiger partial charge is 0.394 e. The van der Waals surface area contributed by atoms with Gasteiger partial charge in [0.2, 0.25) is 0 Å². The van der Waals surface area contributed by atoms with E-state index in [1.54, 1.807) is 6.20 Å². The fraction of sp³-hybridized carbons (Fsp3) is 0.500. The number of rotatable bonds is 3. The summed E-state index contributed by atoms with van der Waals surface area (Å²) in [6.07, 6.45) is 1.62. The molecule has 0 atom stereocenters. The molecule has 3 nitrogen and oxygen atoms in total. The molecule has 0 aliphatic rings. The first-order valence-electron chi connectivity index (χ1n) is 3.42. The highest BCUT2D eigenvalue weighted by atomic mass is 15.2. The van der Waals surface area contributed by atoms with Crippen molar-refractivity contribution in [2.45, 2.75) is 0 Å². The van der Waals surface area contributed by atoms with Crippen LogP contribution in [0, 0.1) is 0 Å². The molecular weight excluding hydrogens is 138 g/mol. The highest BCUT2D eigenvalue weighted by Gasteiger charge is 1.85. The Morgan fingerprint density at radius 3 is 1.73 bits per heavy atom. The van der Waals surface area contributed by atoms with Crippen LogP contribution in [-0.2, 0) is 0 Å². The predicted molar refractivity (Wildman–Crippen MR) is 51.1 cm³/mol. The molecule has 11 heavy (non-hydrogen) atoms.